The first kappa shape index (κ1) is 18.1. The van der Waals surface area contributed by atoms with Crippen molar-refractivity contribution in [2.45, 2.75) is 31.3 Å². The lowest BCUT2D eigenvalue weighted by molar-refractivity contribution is 0.216. The van der Waals surface area contributed by atoms with Crippen LogP contribution in [0, 0.1) is 0 Å². The van der Waals surface area contributed by atoms with Crippen molar-refractivity contribution in [2.75, 3.05) is 31.6 Å². The Morgan fingerprint density at radius 3 is 2.58 bits per heavy atom. The Hall–Kier alpha value is -1.23. The zero-order valence-electron chi connectivity index (χ0n) is 15.2. The summed E-state index contributed by atoms with van der Waals surface area (Å²) < 4.78 is 6.46. The molecule has 1 saturated carbocycles. The minimum absolute atomic E-state index is 0.487. The molecule has 0 radical (unpaired) electrons. The molecule has 5 heteroatoms. The fourth-order valence-electron chi connectivity index (χ4n) is 4.15. The summed E-state index contributed by atoms with van der Waals surface area (Å²) in [6.07, 6.45) is 1.26. The van der Waals surface area contributed by atoms with Crippen LogP contribution in [0.1, 0.15) is 24.8 Å². The van der Waals surface area contributed by atoms with E-state index in [-0.39, 0.29) is 0 Å². The predicted molar refractivity (Wildman–Crippen MR) is 112 cm³/mol. The molecule has 26 heavy (non-hydrogen) atoms. The highest BCUT2D eigenvalue weighted by Gasteiger charge is 2.44. The number of rotatable bonds is 4. The molecule has 1 aliphatic heterocycles. The van der Waals surface area contributed by atoms with E-state index in [1.807, 2.05) is 12.1 Å². The number of halogens is 2. The molecule has 138 valence electrons. The lowest BCUT2D eigenvalue weighted by Gasteiger charge is -2.41. The van der Waals surface area contributed by atoms with Crippen LogP contribution in [-0.2, 0) is 0 Å². The summed E-state index contributed by atoms with van der Waals surface area (Å²) in [6.45, 7) is 5.58. The molecule has 0 spiro atoms. The number of piperazine rings is 1. The average Bonchev–Trinajstić information content (AvgIpc) is 3.44. The number of methoxy groups -OCH3 is 1. The summed E-state index contributed by atoms with van der Waals surface area (Å²) in [4.78, 5) is 5.15. The third-order valence-electron chi connectivity index (χ3n) is 5.65. The van der Waals surface area contributed by atoms with Crippen molar-refractivity contribution in [1.29, 1.82) is 0 Å². The standard InChI is InChI=1S/C21H24BrClN2O/c1-14-13-24(20-12-18(20)15-3-5-16(23)6-4-15)9-10-25(14)17-7-8-19(22)21(11-17)26-2/h3-8,11,14,18,20H,9-10,12-13H2,1-2H3. The van der Waals surface area contributed by atoms with Crippen LogP contribution in [0.3, 0.4) is 0 Å². The number of anilines is 1. The van der Waals surface area contributed by atoms with E-state index in [4.69, 9.17) is 16.3 Å². The smallest absolute Gasteiger partial charge is 0.135 e. The summed E-state index contributed by atoms with van der Waals surface area (Å²) in [7, 11) is 1.72. The van der Waals surface area contributed by atoms with Crippen molar-refractivity contribution >= 4 is 33.2 Å². The van der Waals surface area contributed by atoms with E-state index in [1.54, 1.807) is 7.11 Å². The fraction of sp³-hybridized carbons (Fsp3) is 0.429. The Balaban J connectivity index is 1.40. The van der Waals surface area contributed by atoms with E-state index in [0.717, 1.165) is 34.9 Å². The van der Waals surface area contributed by atoms with Crippen LogP contribution in [0.5, 0.6) is 5.75 Å². The van der Waals surface area contributed by atoms with Gasteiger partial charge in [-0.2, -0.15) is 0 Å². The second-order valence-corrected chi connectivity index (χ2v) is 8.61. The molecule has 2 aromatic rings. The topological polar surface area (TPSA) is 15.7 Å². The molecule has 2 aliphatic rings. The maximum Gasteiger partial charge on any atom is 0.135 e. The molecule has 3 unspecified atom stereocenters. The number of ether oxygens (including phenoxy) is 1. The van der Waals surface area contributed by atoms with E-state index >= 15 is 0 Å². The van der Waals surface area contributed by atoms with Crippen molar-refractivity contribution in [3.8, 4) is 5.75 Å². The molecule has 0 amide bonds. The predicted octanol–water partition coefficient (Wildman–Crippen LogP) is 5.18. The largest absolute Gasteiger partial charge is 0.495 e. The second-order valence-electron chi connectivity index (χ2n) is 7.32. The third-order valence-corrected chi connectivity index (χ3v) is 6.56. The van der Waals surface area contributed by atoms with Crippen LogP contribution >= 0.6 is 27.5 Å². The molecule has 1 aliphatic carbocycles. The molecule has 0 N–H and O–H groups in total. The van der Waals surface area contributed by atoms with Crippen LogP contribution in [0.4, 0.5) is 5.69 Å². The van der Waals surface area contributed by atoms with Crippen LogP contribution in [-0.4, -0.2) is 43.7 Å². The SMILES string of the molecule is COc1cc(N2CCN(C3CC3c3ccc(Cl)cc3)CC2C)ccc1Br. The molecule has 1 heterocycles. The number of nitrogens with zero attached hydrogens (tertiary/aromatic N) is 2. The van der Waals surface area contributed by atoms with Crippen LogP contribution < -0.4 is 9.64 Å². The molecule has 3 nitrogen and oxygen atoms in total. The first-order valence-electron chi connectivity index (χ1n) is 9.16. The maximum absolute atomic E-state index is 6.02. The summed E-state index contributed by atoms with van der Waals surface area (Å²) in [5.74, 6) is 1.56. The van der Waals surface area contributed by atoms with Gasteiger partial charge in [-0.3, -0.25) is 4.90 Å². The monoisotopic (exact) mass is 434 g/mol. The van der Waals surface area contributed by atoms with Crippen molar-refractivity contribution in [2.24, 2.45) is 0 Å². The van der Waals surface area contributed by atoms with Gasteiger partial charge in [-0.1, -0.05) is 23.7 Å². The van der Waals surface area contributed by atoms with Crippen LogP contribution in [0.2, 0.25) is 5.02 Å². The van der Waals surface area contributed by atoms with Gasteiger partial charge in [0.2, 0.25) is 0 Å². The zero-order chi connectivity index (χ0) is 18.3. The lowest BCUT2D eigenvalue weighted by atomic mass is 10.1. The second kappa shape index (κ2) is 7.41. The highest BCUT2D eigenvalue weighted by Crippen LogP contribution is 2.45. The summed E-state index contributed by atoms with van der Waals surface area (Å²) in [5, 5.41) is 0.818. The van der Waals surface area contributed by atoms with Gasteiger partial charge in [0.15, 0.2) is 0 Å². The van der Waals surface area contributed by atoms with Gasteiger partial charge >= 0.3 is 0 Å². The van der Waals surface area contributed by atoms with Gasteiger partial charge in [-0.05, 0) is 59.1 Å². The maximum atomic E-state index is 6.02. The van der Waals surface area contributed by atoms with Gasteiger partial charge in [0.25, 0.3) is 0 Å². The van der Waals surface area contributed by atoms with Gasteiger partial charge in [0.05, 0.1) is 11.6 Å². The van der Waals surface area contributed by atoms with E-state index in [1.165, 1.54) is 17.7 Å². The van der Waals surface area contributed by atoms with Crippen LogP contribution in [0.15, 0.2) is 46.9 Å². The normalized spacial score (nSPS) is 26.0. The van der Waals surface area contributed by atoms with E-state index in [2.05, 4.69) is 63.0 Å². The minimum atomic E-state index is 0.487. The van der Waals surface area contributed by atoms with Gasteiger partial charge in [0, 0.05) is 54.4 Å². The molecule has 0 aromatic heterocycles. The fourth-order valence-corrected chi connectivity index (χ4v) is 4.69. The molecular weight excluding hydrogens is 412 g/mol. The van der Waals surface area contributed by atoms with Crippen molar-refractivity contribution < 1.29 is 4.74 Å². The number of benzene rings is 2. The Kier molecular flexibility index (Phi) is 5.18. The van der Waals surface area contributed by atoms with E-state index < -0.39 is 0 Å². The first-order chi connectivity index (χ1) is 12.6. The summed E-state index contributed by atoms with van der Waals surface area (Å²) in [6, 6.07) is 15.9. The van der Waals surface area contributed by atoms with E-state index in [9.17, 15) is 0 Å². The van der Waals surface area contributed by atoms with Gasteiger partial charge in [-0.25, -0.2) is 0 Å². The van der Waals surface area contributed by atoms with Crippen molar-refractivity contribution in [3.05, 3.63) is 57.5 Å². The third kappa shape index (κ3) is 3.60. The minimum Gasteiger partial charge on any atom is -0.495 e. The average molecular weight is 436 g/mol. The Labute approximate surface area is 169 Å². The highest BCUT2D eigenvalue weighted by molar-refractivity contribution is 9.10. The molecule has 1 saturated heterocycles. The zero-order valence-corrected chi connectivity index (χ0v) is 17.5. The molecular formula is C21H24BrClN2O. The quantitative estimate of drug-likeness (QED) is 0.658. The van der Waals surface area contributed by atoms with E-state index in [0.29, 0.717) is 18.0 Å². The summed E-state index contributed by atoms with van der Waals surface area (Å²) in [5.41, 5.74) is 2.66. The van der Waals surface area contributed by atoms with Crippen LogP contribution in [0.25, 0.3) is 0 Å². The first-order valence-corrected chi connectivity index (χ1v) is 10.3. The lowest BCUT2D eigenvalue weighted by Crippen LogP contribution is -2.52. The Morgan fingerprint density at radius 1 is 1.12 bits per heavy atom. The summed E-state index contributed by atoms with van der Waals surface area (Å²) >= 11 is 9.56. The number of hydrogen-bond acceptors (Lipinski definition) is 3. The number of hydrogen-bond donors (Lipinski definition) is 0. The molecule has 4 rings (SSSR count). The van der Waals surface area contributed by atoms with Gasteiger partial charge < -0.3 is 9.64 Å². The van der Waals surface area contributed by atoms with Crippen molar-refractivity contribution in [1.82, 2.24) is 4.90 Å². The molecule has 2 fully saturated rings. The van der Waals surface area contributed by atoms with Gasteiger partial charge in [-0.15, -0.1) is 0 Å². The van der Waals surface area contributed by atoms with Crippen molar-refractivity contribution in [3.63, 3.8) is 0 Å². The Morgan fingerprint density at radius 2 is 1.88 bits per heavy atom. The van der Waals surface area contributed by atoms with Gasteiger partial charge in [0.1, 0.15) is 5.75 Å². The molecule has 0 bridgehead atoms. The molecule has 3 atom stereocenters. The highest BCUT2D eigenvalue weighted by atomic mass is 79.9. The Bertz CT molecular complexity index is 782. The molecule has 2 aromatic carbocycles.